The number of amides is 1. The van der Waals surface area contributed by atoms with Gasteiger partial charge in [-0.3, -0.25) is 4.79 Å². The van der Waals surface area contributed by atoms with Crippen molar-refractivity contribution in [2.24, 2.45) is 5.41 Å². The van der Waals surface area contributed by atoms with Gasteiger partial charge in [0.05, 0.1) is 12.8 Å². The highest BCUT2D eigenvalue weighted by molar-refractivity contribution is 5.99. The normalized spacial score (nSPS) is 17.5. The molecular weight excluding hydrogens is 282 g/mol. The molecule has 0 unspecified atom stereocenters. The lowest BCUT2D eigenvalue weighted by Gasteiger charge is -2.37. The van der Waals surface area contributed by atoms with Crippen LogP contribution in [0.25, 0.3) is 5.65 Å². The van der Waals surface area contributed by atoms with E-state index < -0.39 is 0 Å². The molecule has 2 aromatic rings. The standard InChI is InChI=1S/C15H21N5O2/c1-22-11-15(3-6-16-7-4-15)10-18-14(21)12-9-19-20-8-2-5-17-13(12)20/h2,5,8-9,16H,3-4,6-7,10-11H2,1H3,(H,18,21). The van der Waals surface area contributed by atoms with Crippen molar-refractivity contribution in [1.29, 1.82) is 0 Å². The zero-order valence-electron chi connectivity index (χ0n) is 12.7. The molecule has 0 radical (unpaired) electrons. The van der Waals surface area contributed by atoms with E-state index in [1.807, 2.05) is 0 Å². The molecule has 0 aliphatic carbocycles. The maximum atomic E-state index is 12.4. The van der Waals surface area contributed by atoms with Gasteiger partial charge in [0.1, 0.15) is 5.56 Å². The van der Waals surface area contributed by atoms with Gasteiger partial charge in [0.15, 0.2) is 5.65 Å². The first kappa shape index (κ1) is 14.9. The van der Waals surface area contributed by atoms with E-state index in [2.05, 4.69) is 20.7 Å². The van der Waals surface area contributed by atoms with Gasteiger partial charge < -0.3 is 15.4 Å². The molecule has 118 valence electrons. The van der Waals surface area contributed by atoms with Crippen molar-refractivity contribution in [2.75, 3.05) is 33.4 Å². The highest BCUT2D eigenvalue weighted by atomic mass is 16.5. The number of hydrogen-bond acceptors (Lipinski definition) is 5. The van der Waals surface area contributed by atoms with Crippen LogP contribution in [-0.2, 0) is 4.74 Å². The van der Waals surface area contributed by atoms with Gasteiger partial charge in [-0.1, -0.05) is 0 Å². The van der Waals surface area contributed by atoms with E-state index in [-0.39, 0.29) is 11.3 Å². The number of nitrogens with zero attached hydrogens (tertiary/aromatic N) is 3. The first-order chi connectivity index (χ1) is 10.7. The van der Waals surface area contributed by atoms with E-state index in [1.54, 1.807) is 36.3 Å². The third kappa shape index (κ3) is 2.95. The molecule has 1 amide bonds. The summed E-state index contributed by atoms with van der Waals surface area (Å²) in [5, 5.41) is 10.5. The lowest BCUT2D eigenvalue weighted by Crippen LogP contribution is -2.47. The summed E-state index contributed by atoms with van der Waals surface area (Å²) in [7, 11) is 1.71. The number of nitrogens with one attached hydrogen (secondary N) is 2. The van der Waals surface area contributed by atoms with Crippen LogP contribution in [0.1, 0.15) is 23.2 Å². The fraction of sp³-hybridized carbons (Fsp3) is 0.533. The van der Waals surface area contributed by atoms with Crippen molar-refractivity contribution in [3.8, 4) is 0 Å². The molecule has 0 spiro atoms. The molecule has 22 heavy (non-hydrogen) atoms. The van der Waals surface area contributed by atoms with Crippen LogP contribution in [0.3, 0.4) is 0 Å². The molecule has 7 nitrogen and oxygen atoms in total. The summed E-state index contributed by atoms with van der Waals surface area (Å²) >= 11 is 0. The van der Waals surface area contributed by atoms with Gasteiger partial charge in [-0.05, 0) is 32.0 Å². The number of methoxy groups -OCH3 is 1. The number of carbonyl (C=O) groups is 1. The average molecular weight is 303 g/mol. The van der Waals surface area contributed by atoms with Crippen molar-refractivity contribution in [1.82, 2.24) is 25.2 Å². The molecular formula is C15H21N5O2. The van der Waals surface area contributed by atoms with E-state index in [1.165, 1.54) is 0 Å². The number of ether oxygens (including phenoxy) is 1. The zero-order valence-corrected chi connectivity index (χ0v) is 12.7. The lowest BCUT2D eigenvalue weighted by molar-refractivity contribution is 0.0512. The quantitative estimate of drug-likeness (QED) is 0.839. The topological polar surface area (TPSA) is 80.5 Å². The fourth-order valence-corrected chi connectivity index (χ4v) is 2.99. The van der Waals surface area contributed by atoms with Crippen molar-refractivity contribution < 1.29 is 9.53 Å². The second-order valence-corrected chi connectivity index (χ2v) is 5.81. The SMILES string of the molecule is COCC1(CNC(=O)c2cnn3cccnc23)CCNCC1. The Morgan fingerprint density at radius 3 is 3.09 bits per heavy atom. The van der Waals surface area contributed by atoms with E-state index in [4.69, 9.17) is 4.74 Å². The van der Waals surface area contributed by atoms with Crippen LogP contribution >= 0.6 is 0 Å². The summed E-state index contributed by atoms with van der Waals surface area (Å²) in [6, 6.07) is 1.78. The molecule has 3 heterocycles. The van der Waals surface area contributed by atoms with Crippen LogP contribution < -0.4 is 10.6 Å². The fourth-order valence-electron chi connectivity index (χ4n) is 2.99. The minimum absolute atomic E-state index is 0.00601. The molecule has 2 aromatic heterocycles. The predicted octanol–water partition coefficient (Wildman–Crippen LogP) is 0.475. The molecule has 2 N–H and O–H groups in total. The molecule has 0 aromatic carbocycles. The lowest BCUT2D eigenvalue weighted by atomic mass is 9.79. The van der Waals surface area contributed by atoms with E-state index in [0.717, 1.165) is 25.9 Å². The summed E-state index contributed by atoms with van der Waals surface area (Å²) in [6.07, 6.45) is 6.98. The van der Waals surface area contributed by atoms with E-state index in [9.17, 15) is 4.79 Å². The Morgan fingerprint density at radius 2 is 2.32 bits per heavy atom. The Hall–Kier alpha value is -1.99. The van der Waals surface area contributed by atoms with Crippen LogP contribution in [0.5, 0.6) is 0 Å². The maximum absolute atomic E-state index is 12.4. The first-order valence-electron chi connectivity index (χ1n) is 7.50. The Kier molecular flexibility index (Phi) is 4.35. The predicted molar refractivity (Wildman–Crippen MR) is 81.7 cm³/mol. The average Bonchev–Trinajstić information content (AvgIpc) is 2.98. The largest absolute Gasteiger partial charge is 0.384 e. The summed E-state index contributed by atoms with van der Waals surface area (Å²) in [5.41, 5.74) is 1.08. The van der Waals surface area contributed by atoms with Crippen molar-refractivity contribution in [2.45, 2.75) is 12.8 Å². The van der Waals surface area contributed by atoms with Gasteiger partial charge in [-0.15, -0.1) is 0 Å². The second kappa shape index (κ2) is 6.41. The summed E-state index contributed by atoms with van der Waals surface area (Å²) in [5.74, 6) is -0.136. The van der Waals surface area contributed by atoms with Gasteiger partial charge in [0.2, 0.25) is 0 Å². The molecule has 1 fully saturated rings. The molecule has 1 aliphatic heterocycles. The monoisotopic (exact) mass is 303 g/mol. The third-order valence-corrected chi connectivity index (χ3v) is 4.26. The maximum Gasteiger partial charge on any atom is 0.256 e. The first-order valence-corrected chi connectivity index (χ1v) is 7.50. The van der Waals surface area contributed by atoms with Gasteiger partial charge >= 0.3 is 0 Å². The molecule has 0 atom stereocenters. The van der Waals surface area contributed by atoms with E-state index >= 15 is 0 Å². The third-order valence-electron chi connectivity index (χ3n) is 4.26. The Morgan fingerprint density at radius 1 is 1.50 bits per heavy atom. The van der Waals surface area contributed by atoms with Crippen molar-refractivity contribution in [3.63, 3.8) is 0 Å². The minimum Gasteiger partial charge on any atom is -0.384 e. The Labute approximate surface area is 129 Å². The van der Waals surface area contributed by atoms with Crippen LogP contribution in [0.4, 0.5) is 0 Å². The van der Waals surface area contributed by atoms with Crippen LogP contribution in [-0.4, -0.2) is 53.9 Å². The molecule has 7 heteroatoms. The zero-order chi connectivity index (χ0) is 15.4. The molecule has 0 bridgehead atoms. The van der Waals surface area contributed by atoms with Gasteiger partial charge in [-0.25, -0.2) is 9.50 Å². The second-order valence-electron chi connectivity index (χ2n) is 5.81. The smallest absolute Gasteiger partial charge is 0.256 e. The van der Waals surface area contributed by atoms with Crippen molar-refractivity contribution in [3.05, 3.63) is 30.2 Å². The molecule has 3 rings (SSSR count). The minimum atomic E-state index is -0.136. The summed E-state index contributed by atoms with van der Waals surface area (Å²) in [6.45, 7) is 3.17. The van der Waals surface area contributed by atoms with Crippen LogP contribution in [0.2, 0.25) is 0 Å². The number of piperidine rings is 1. The van der Waals surface area contributed by atoms with Gasteiger partial charge in [0.25, 0.3) is 5.91 Å². The molecule has 1 aliphatic rings. The van der Waals surface area contributed by atoms with Crippen molar-refractivity contribution >= 4 is 11.6 Å². The number of fused-ring (bicyclic) bond motifs is 1. The summed E-state index contributed by atoms with van der Waals surface area (Å²) in [4.78, 5) is 16.7. The number of hydrogen-bond donors (Lipinski definition) is 2. The highest BCUT2D eigenvalue weighted by Gasteiger charge is 2.32. The summed E-state index contributed by atoms with van der Waals surface area (Å²) < 4.78 is 6.97. The molecule has 1 saturated heterocycles. The number of aromatic nitrogens is 3. The van der Waals surface area contributed by atoms with E-state index in [0.29, 0.717) is 24.4 Å². The van der Waals surface area contributed by atoms with Crippen LogP contribution in [0.15, 0.2) is 24.7 Å². The molecule has 0 saturated carbocycles. The van der Waals surface area contributed by atoms with Gasteiger partial charge in [0, 0.05) is 31.5 Å². The number of carbonyl (C=O) groups excluding carboxylic acids is 1. The van der Waals surface area contributed by atoms with Crippen LogP contribution in [0, 0.1) is 5.41 Å². The Bertz CT molecular complexity index is 643. The highest BCUT2D eigenvalue weighted by Crippen LogP contribution is 2.28. The number of rotatable bonds is 5. The van der Waals surface area contributed by atoms with Gasteiger partial charge in [-0.2, -0.15) is 5.10 Å². The Balaban J connectivity index is 1.71.